The highest BCUT2D eigenvalue weighted by Gasteiger charge is 2.53. The molecular formula is C18H25BrN2O3S. The van der Waals surface area contributed by atoms with Crippen LogP contribution in [0.3, 0.4) is 0 Å². The molecule has 25 heavy (non-hydrogen) atoms. The third-order valence-electron chi connectivity index (χ3n) is 6.04. The van der Waals surface area contributed by atoms with Crippen LogP contribution in [0.25, 0.3) is 0 Å². The van der Waals surface area contributed by atoms with Crippen LogP contribution in [-0.4, -0.2) is 38.8 Å². The summed E-state index contributed by atoms with van der Waals surface area (Å²) in [5.74, 6) is 0.995. The lowest BCUT2D eigenvalue weighted by molar-refractivity contribution is 0.0837. The molecule has 1 aromatic rings. The van der Waals surface area contributed by atoms with Crippen molar-refractivity contribution in [2.24, 2.45) is 17.3 Å². The zero-order valence-electron chi connectivity index (χ0n) is 15.0. The van der Waals surface area contributed by atoms with E-state index in [1.165, 1.54) is 39.4 Å². The fraction of sp³-hybridized carbons (Fsp3) is 0.611. The summed E-state index contributed by atoms with van der Waals surface area (Å²) in [5, 5.41) is 3.18. The van der Waals surface area contributed by atoms with Crippen LogP contribution in [0, 0.1) is 17.3 Å². The smallest absolute Gasteiger partial charge is 0.251 e. The van der Waals surface area contributed by atoms with E-state index in [0.717, 1.165) is 4.31 Å². The summed E-state index contributed by atoms with van der Waals surface area (Å²) in [4.78, 5) is 12.9. The minimum absolute atomic E-state index is 0.0898. The number of fused-ring (bicyclic) bond motifs is 2. The van der Waals surface area contributed by atoms with E-state index in [2.05, 4.69) is 35.1 Å². The zero-order chi connectivity index (χ0) is 18.6. The molecule has 2 saturated carbocycles. The maximum atomic E-state index is 12.8. The van der Waals surface area contributed by atoms with Crippen LogP contribution in [-0.2, 0) is 10.0 Å². The van der Waals surface area contributed by atoms with E-state index in [9.17, 15) is 13.2 Å². The van der Waals surface area contributed by atoms with Gasteiger partial charge >= 0.3 is 0 Å². The fourth-order valence-corrected chi connectivity index (χ4v) is 6.27. The van der Waals surface area contributed by atoms with Crippen molar-refractivity contribution in [3.8, 4) is 0 Å². The van der Waals surface area contributed by atoms with E-state index in [1.54, 1.807) is 12.1 Å². The molecule has 2 aliphatic rings. The Morgan fingerprint density at radius 1 is 1.28 bits per heavy atom. The van der Waals surface area contributed by atoms with Gasteiger partial charge in [0.05, 0.1) is 4.90 Å². The van der Waals surface area contributed by atoms with Gasteiger partial charge in [-0.2, -0.15) is 0 Å². The quantitative estimate of drug-likeness (QED) is 0.799. The van der Waals surface area contributed by atoms with Crippen molar-refractivity contribution < 1.29 is 13.2 Å². The predicted octanol–water partition coefficient (Wildman–Crippen LogP) is 3.25. The van der Waals surface area contributed by atoms with Gasteiger partial charge in [0.1, 0.15) is 0 Å². The molecule has 0 aliphatic heterocycles. The number of carbonyl (C=O) groups excluding carboxylic acids is 1. The molecule has 0 radical (unpaired) electrons. The Kier molecular flexibility index (Phi) is 4.79. The number of amides is 1. The summed E-state index contributed by atoms with van der Waals surface area (Å²) in [7, 11) is -0.659. The average molecular weight is 429 g/mol. The zero-order valence-corrected chi connectivity index (χ0v) is 17.4. The predicted molar refractivity (Wildman–Crippen MR) is 101 cm³/mol. The third-order valence-corrected chi connectivity index (χ3v) is 8.85. The number of nitrogens with zero attached hydrogens (tertiary/aromatic N) is 1. The van der Waals surface area contributed by atoms with Crippen LogP contribution >= 0.6 is 15.9 Å². The topological polar surface area (TPSA) is 66.5 Å². The SMILES string of the molecule is CN(C)S(=O)(=O)c1cc(C(=O)NC2[C@H]3CC[C@H](C3)C2(C)C)ccc1Br. The largest absolute Gasteiger partial charge is 0.348 e. The Bertz CT molecular complexity index is 805. The number of hydrogen-bond acceptors (Lipinski definition) is 3. The monoisotopic (exact) mass is 428 g/mol. The Morgan fingerprint density at radius 3 is 2.52 bits per heavy atom. The molecule has 3 rings (SSSR count). The number of hydrogen-bond donors (Lipinski definition) is 1. The fourth-order valence-electron chi connectivity index (χ4n) is 4.42. The summed E-state index contributed by atoms with van der Waals surface area (Å²) >= 11 is 3.28. The molecule has 1 amide bonds. The minimum atomic E-state index is -3.62. The van der Waals surface area contributed by atoms with Gasteiger partial charge in [-0.3, -0.25) is 4.79 Å². The van der Waals surface area contributed by atoms with Crippen molar-refractivity contribution in [1.82, 2.24) is 9.62 Å². The molecule has 1 N–H and O–H groups in total. The molecule has 5 nitrogen and oxygen atoms in total. The van der Waals surface area contributed by atoms with Crippen molar-refractivity contribution in [2.75, 3.05) is 14.1 Å². The average Bonchev–Trinajstić information content (AvgIpc) is 3.09. The summed E-state index contributed by atoms with van der Waals surface area (Å²) < 4.78 is 26.5. The van der Waals surface area contributed by atoms with E-state index < -0.39 is 10.0 Å². The van der Waals surface area contributed by atoms with Crippen LogP contribution in [0.5, 0.6) is 0 Å². The first-order chi connectivity index (χ1) is 11.5. The molecule has 7 heteroatoms. The summed E-state index contributed by atoms with van der Waals surface area (Å²) in [6.07, 6.45) is 3.59. The number of benzene rings is 1. The first-order valence-electron chi connectivity index (χ1n) is 8.58. The number of halogens is 1. The van der Waals surface area contributed by atoms with Gasteiger partial charge in [-0.15, -0.1) is 0 Å². The Hall–Kier alpha value is -0.920. The van der Waals surface area contributed by atoms with Gasteiger partial charge in [0, 0.05) is 30.2 Å². The highest BCUT2D eigenvalue weighted by molar-refractivity contribution is 9.10. The van der Waals surface area contributed by atoms with E-state index in [-0.39, 0.29) is 22.3 Å². The van der Waals surface area contributed by atoms with Gasteiger partial charge in [-0.05, 0) is 70.6 Å². The molecule has 138 valence electrons. The summed E-state index contributed by atoms with van der Waals surface area (Å²) in [6.45, 7) is 4.45. The Labute approximate surface area is 158 Å². The summed E-state index contributed by atoms with van der Waals surface area (Å²) in [6, 6.07) is 4.89. The van der Waals surface area contributed by atoms with Gasteiger partial charge < -0.3 is 5.32 Å². The molecule has 0 aromatic heterocycles. The van der Waals surface area contributed by atoms with E-state index in [1.807, 2.05) is 0 Å². The molecule has 0 spiro atoms. The number of nitrogens with one attached hydrogen (secondary N) is 1. The van der Waals surface area contributed by atoms with E-state index in [0.29, 0.717) is 21.9 Å². The molecule has 1 aromatic carbocycles. The van der Waals surface area contributed by atoms with Gasteiger partial charge in [0.25, 0.3) is 5.91 Å². The Morgan fingerprint density at radius 2 is 1.96 bits per heavy atom. The third kappa shape index (κ3) is 3.15. The maximum Gasteiger partial charge on any atom is 0.251 e. The van der Waals surface area contributed by atoms with Crippen molar-refractivity contribution in [3.05, 3.63) is 28.2 Å². The molecule has 0 heterocycles. The molecule has 0 saturated heterocycles. The first-order valence-corrected chi connectivity index (χ1v) is 10.8. The molecule has 2 fully saturated rings. The van der Waals surface area contributed by atoms with Crippen LogP contribution in [0.15, 0.2) is 27.6 Å². The molecule has 2 aliphatic carbocycles. The lowest BCUT2D eigenvalue weighted by atomic mass is 9.73. The molecule has 2 bridgehead atoms. The van der Waals surface area contributed by atoms with Crippen molar-refractivity contribution in [3.63, 3.8) is 0 Å². The van der Waals surface area contributed by atoms with Gasteiger partial charge in [0.2, 0.25) is 10.0 Å². The van der Waals surface area contributed by atoms with Crippen LogP contribution < -0.4 is 5.32 Å². The maximum absolute atomic E-state index is 12.8. The number of rotatable bonds is 4. The second-order valence-corrected chi connectivity index (χ2v) is 10.9. The standard InChI is InChI=1S/C18H25BrN2O3S/c1-18(2)13-7-5-11(9-13)16(18)20-17(22)12-6-8-14(19)15(10-12)25(23,24)21(3)4/h6,8,10-11,13,16H,5,7,9H2,1-4H3,(H,20,22)/t11-,13+,16?/m0/s1. The van der Waals surface area contributed by atoms with Crippen LogP contribution in [0.2, 0.25) is 0 Å². The van der Waals surface area contributed by atoms with Crippen molar-refractivity contribution >= 4 is 31.9 Å². The van der Waals surface area contributed by atoms with Crippen molar-refractivity contribution in [2.45, 2.75) is 44.0 Å². The Balaban J connectivity index is 1.87. The minimum Gasteiger partial charge on any atom is -0.348 e. The molecule has 1 unspecified atom stereocenters. The molecular weight excluding hydrogens is 404 g/mol. The highest BCUT2D eigenvalue weighted by Crippen LogP contribution is 2.55. The molecule has 3 atom stereocenters. The lowest BCUT2D eigenvalue weighted by Crippen LogP contribution is -2.48. The number of carbonyl (C=O) groups is 1. The van der Waals surface area contributed by atoms with Gasteiger partial charge in [-0.1, -0.05) is 13.8 Å². The second kappa shape index (κ2) is 6.35. The van der Waals surface area contributed by atoms with Gasteiger partial charge in [0.15, 0.2) is 0 Å². The first kappa shape index (κ1) is 18.9. The van der Waals surface area contributed by atoms with Crippen LogP contribution in [0.4, 0.5) is 0 Å². The lowest BCUT2D eigenvalue weighted by Gasteiger charge is -2.38. The second-order valence-electron chi connectivity index (χ2n) is 7.98. The summed E-state index contributed by atoms with van der Waals surface area (Å²) in [5.41, 5.74) is 0.467. The number of sulfonamides is 1. The van der Waals surface area contributed by atoms with Crippen molar-refractivity contribution in [1.29, 1.82) is 0 Å². The van der Waals surface area contributed by atoms with Gasteiger partial charge in [-0.25, -0.2) is 12.7 Å². The van der Waals surface area contributed by atoms with E-state index >= 15 is 0 Å². The normalized spacial score (nSPS) is 27.7. The van der Waals surface area contributed by atoms with E-state index in [4.69, 9.17) is 0 Å². The highest BCUT2D eigenvalue weighted by atomic mass is 79.9. The van der Waals surface area contributed by atoms with Crippen LogP contribution in [0.1, 0.15) is 43.5 Å².